The molecule has 2 aromatic heterocycles. The minimum atomic E-state index is -0.877. The number of halogens is 1. The molecule has 7 atom stereocenters. The lowest BCUT2D eigenvalue weighted by Crippen LogP contribution is -2.57. The van der Waals surface area contributed by atoms with E-state index < -0.39 is 11.7 Å². The summed E-state index contributed by atoms with van der Waals surface area (Å²) in [4.78, 5) is 18.7. The molecule has 0 aliphatic heterocycles. The Morgan fingerprint density at radius 3 is 2.84 bits per heavy atom. The summed E-state index contributed by atoms with van der Waals surface area (Å²) in [5.74, 6) is 0.885. The first-order valence-corrected chi connectivity index (χ1v) is 17.6. The van der Waals surface area contributed by atoms with Crippen LogP contribution in [0.1, 0.15) is 50.3 Å². The standard InChI is InChI=1S/C35H37FN4O3S2/c1-34-16-19-17-38-40(23-7-4-21(36)5-8-23)28(19)13-20(34)3-9-25-24-11-12-35(43-2,26(24)15-29(41)32(25)34)31(42)18-44-33-39-27-10-6-22(37)14-30(27)45-33/h4-8,10,13-14,17,24-26,29,32,41H,3,9,11-12,15-16,18,37H2,1-2H3. The number of benzene rings is 2. The van der Waals surface area contributed by atoms with Gasteiger partial charge in [0, 0.05) is 18.7 Å². The maximum Gasteiger partial charge on any atom is 0.175 e. The number of carbonyl (C=O) groups is 1. The molecule has 4 aliphatic carbocycles. The number of ketones is 1. The molecule has 45 heavy (non-hydrogen) atoms. The van der Waals surface area contributed by atoms with Crippen LogP contribution in [0.2, 0.25) is 0 Å². The molecule has 234 valence electrons. The minimum Gasteiger partial charge on any atom is -0.399 e. The predicted molar refractivity (Wildman–Crippen MR) is 176 cm³/mol. The van der Waals surface area contributed by atoms with Crippen molar-refractivity contribution in [2.75, 3.05) is 18.6 Å². The van der Waals surface area contributed by atoms with Crippen LogP contribution < -0.4 is 5.73 Å². The highest BCUT2D eigenvalue weighted by Gasteiger charge is 2.63. The van der Waals surface area contributed by atoms with Crippen molar-refractivity contribution in [1.29, 1.82) is 0 Å². The van der Waals surface area contributed by atoms with Gasteiger partial charge in [0.1, 0.15) is 11.4 Å². The number of aliphatic hydroxyl groups excluding tert-OH is 1. The summed E-state index contributed by atoms with van der Waals surface area (Å²) < 4.78 is 23.6. The Morgan fingerprint density at radius 1 is 1.22 bits per heavy atom. The quantitative estimate of drug-likeness (QED) is 0.178. The van der Waals surface area contributed by atoms with Crippen molar-refractivity contribution in [2.24, 2.45) is 29.1 Å². The van der Waals surface area contributed by atoms with Crippen molar-refractivity contribution in [3.05, 3.63) is 71.3 Å². The average Bonchev–Trinajstić information content (AvgIpc) is 3.73. The fraction of sp³-hybridized carbons (Fsp3) is 0.457. The van der Waals surface area contributed by atoms with E-state index in [4.69, 9.17) is 15.5 Å². The Labute approximate surface area is 270 Å². The van der Waals surface area contributed by atoms with Crippen molar-refractivity contribution < 1.29 is 19.0 Å². The molecule has 0 bridgehead atoms. The van der Waals surface area contributed by atoms with Crippen LogP contribution in [0.3, 0.4) is 0 Å². The van der Waals surface area contributed by atoms with E-state index in [-0.39, 0.29) is 28.9 Å². The van der Waals surface area contributed by atoms with Gasteiger partial charge in [-0.05, 0) is 116 Å². The number of carbonyl (C=O) groups excluding carboxylic acids is 1. The molecule has 2 heterocycles. The number of hydrogen-bond acceptors (Lipinski definition) is 8. The molecule has 4 aromatic rings. The van der Waals surface area contributed by atoms with Crippen LogP contribution in [-0.2, 0) is 16.0 Å². The Balaban J connectivity index is 1.03. The number of methoxy groups -OCH3 is 1. The molecule has 4 aliphatic rings. The third-order valence-electron chi connectivity index (χ3n) is 11.5. The fourth-order valence-electron chi connectivity index (χ4n) is 9.51. The monoisotopic (exact) mass is 644 g/mol. The second kappa shape index (κ2) is 10.8. The van der Waals surface area contributed by atoms with Gasteiger partial charge in [0.15, 0.2) is 10.1 Å². The van der Waals surface area contributed by atoms with Crippen molar-refractivity contribution in [1.82, 2.24) is 14.8 Å². The maximum atomic E-state index is 14.0. The summed E-state index contributed by atoms with van der Waals surface area (Å²) in [5, 5.41) is 16.6. The lowest BCUT2D eigenvalue weighted by atomic mass is 9.48. The number of thioether (sulfide) groups is 1. The first-order chi connectivity index (χ1) is 21.7. The molecular formula is C35H37FN4O3S2. The average molecular weight is 645 g/mol. The number of hydrogen-bond donors (Lipinski definition) is 2. The molecular weight excluding hydrogens is 608 g/mol. The van der Waals surface area contributed by atoms with Crippen LogP contribution >= 0.6 is 23.1 Å². The van der Waals surface area contributed by atoms with Crippen molar-refractivity contribution in [3.63, 3.8) is 0 Å². The summed E-state index contributed by atoms with van der Waals surface area (Å²) in [5.41, 5.74) is 10.9. The molecule has 0 spiro atoms. The van der Waals surface area contributed by atoms with E-state index in [0.717, 1.165) is 57.2 Å². The normalized spacial score (nSPS) is 32.0. The Bertz CT molecular complexity index is 1840. The van der Waals surface area contributed by atoms with Gasteiger partial charge in [0.2, 0.25) is 0 Å². The van der Waals surface area contributed by atoms with E-state index in [1.165, 1.54) is 29.5 Å². The van der Waals surface area contributed by atoms with Gasteiger partial charge in [-0.2, -0.15) is 5.10 Å². The van der Waals surface area contributed by atoms with Crippen LogP contribution in [-0.4, -0.2) is 50.2 Å². The second-order valence-corrected chi connectivity index (χ2v) is 15.8. The van der Waals surface area contributed by atoms with Crippen LogP contribution in [0, 0.1) is 34.9 Å². The summed E-state index contributed by atoms with van der Waals surface area (Å²) in [6, 6.07) is 12.1. The largest absolute Gasteiger partial charge is 0.399 e. The summed E-state index contributed by atoms with van der Waals surface area (Å²) >= 11 is 3.03. The van der Waals surface area contributed by atoms with Crippen molar-refractivity contribution in [3.8, 4) is 5.69 Å². The molecule has 8 rings (SSSR count). The summed E-state index contributed by atoms with van der Waals surface area (Å²) in [7, 11) is 1.67. The number of aromatic nitrogens is 3. The first kappa shape index (κ1) is 29.4. The highest BCUT2D eigenvalue weighted by molar-refractivity contribution is 8.01. The van der Waals surface area contributed by atoms with E-state index in [1.54, 1.807) is 30.6 Å². The van der Waals surface area contributed by atoms with Gasteiger partial charge in [0.05, 0.1) is 39.7 Å². The van der Waals surface area contributed by atoms with Gasteiger partial charge in [-0.3, -0.25) is 4.79 Å². The molecule has 0 saturated heterocycles. The number of aliphatic hydroxyl groups is 1. The van der Waals surface area contributed by atoms with E-state index in [0.29, 0.717) is 36.1 Å². The molecule has 3 saturated carbocycles. The van der Waals surface area contributed by atoms with Crippen molar-refractivity contribution in [2.45, 2.75) is 61.5 Å². The number of ether oxygens (including phenoxy) is 1. The highest BCUT2D eigenvalue weighted by atomic mass is 32.2. The lowest BCUT2D eigenvalue weighted by Gasteiger charge is -2.57. The zero-order chi connectivity index (χ0) is 31.1. The SMILES string of the molecule is COC1(C(=O)CSc2nc3ccc(N)cc3s2)CCC2C3CCC4=Cc5c(cnn5-c5ccc(F)cc5)CC4(C)C3C(O)CC21. The number of anilines is 1. The topological polar surface area (TPSA) is 103 Å². The zero-order valence-corrected chi connectivity index (χ0v) is 27.0. The van der Waals surface area contributed by atoms with Crippen LogP contribution in [0.5, 0.6) is 0 Å². The lowest BCUT2D eigenvalue weighted by molar-refractivity contribution is -0.157. The fourth-order valence-corrected chi connectivity index (χ4v) is 11.6. The molecule has 3 fully saturated rings. The molecule has 2 aromatic carbocycles. The van der Waals surface area contributed by atoms with Gasteiger partial charge in [-0.15, -0.1) is 11.3 Å². The molecule has 7 nitrogen and oxygen atoms in total. The third-order valence-corrected chi connectivity index (χ3v) is 13.6. The second-order valence-electron chi connectivity index (χ2n) is 13.6. The van der Waals surface area contributed by atoms with Gasteiger partial charge in [0.25, 0.3) is 0 Å². The van der Waals surface area contributed by atoms with Gasteiger partial charge >= 0.3 is 0 Å². The third kappa shape index (κ3) is 4.54. The van der Waals surface area contributed by atoms with Crippen LogP contribution in [0.15, 0.2) is 58.6 Å². The van der Waals surface area contributed by atoms with Crippen molar-refractivity contribution >= 4 is 50.9 Å². The molecule has 0 radical (unpaired) electrons. The highest BCUT2D eigenvalue weighted by Crippen LogP contribution is 2.64. The number of fused-ring (bicyclic) bond motifs is 7. The number of nitrogens with two attached hydrogens (primary N) is 1. The predicted octanol–water partition coefficient (Wildman–Crippen LogP) is 6.71. The number of rotatable bonds is 6. The van der Waals surface area contributed by atoms with Crippen LogP contribution in [0.4, 0.5) is 10.1 Å². The van der Waals surface area contributed by atoms with E-state index >= 15 is 0 Å². The Hall–Kier alpha value is -3.05. The van der Waals surface area contributed by atoms with E-state index in [1.807, 2.05) is 29.1 Å². The maximum absolute atomic E-state index is 14.0. The molecule has 3 N–H and O–H groups in total. The van der Waals surface area contributed by atoms with E-state index in [2.05, 4.69) is 18.1 Å². The van der Waals surface area contributed by atoms with Gasteiger partial charge in [-0.25, -0.2) is 14.1 Å². The number of nitrogens with zero attached hydrogens (tertiary/aromatic N) is 3. The number of nitrogen functional groups attached to an aromatic ring is 1. The minimum absolute atomic E-state index is 0.00322. The summed E-state index contributed by atoms with van der Waals surface area (Å²) in [6.45, 7) is 2.32. The Morgan fingerprint density at radius 2 is 2.04 bits per heavy atom. The molecule has 10 heteroatoms. The molecule has 7 unspecified atom stereocenters. The van der Waals surface area contributed by atoms with Gasteiger partial charge < -0.3 is 15.6 Å². The van der Waals surface area contributed by atoms with Crippen LogP contribution in [0.25, 0.3) is 22.0 Å². The first-order valence-electron chi connectivity index (χ1n) is 15.8. The number of allylic oxidation sites excluding steroid dienone is 1. The van der Waals surface area contributed by atoms with E-state index in [9.17, 15) is 14.3 Å². The van der Waals surface area contributed by atoms with Gasteiger partial charge in [-0.1, -0.05) is 24.3 Å². The smallest absolute Gasteiger partial charge is 0.175 e. The number of Topliss-reactive ketones (excluding diaryl/α,β-unsaturated/α-hetero) is 1. The summed E-state index contributed by atoms with van der Waals surface area (Å²) in [6.07, 6.45) is 8.63. The zero-order valence-electron chi connectivity index (χ0n) is 25.4. The Kier molecular flexibility index (Phi) is 7.02. The number of thiazole rings is 1. The molecule has 0 amide bonds.